The summed E-state index contributed by atoms with van der Waals surface area (Å²) in [6.45, 7) is 1.83. The number of aromatic nitrogens is 2. The molecular formula is C24H15ClFN3O2. The van der Waals surface area contributed by atoms with E-state index in [0.29, 0.717) is 11.3 Å². The first kappa shape index (κ1) is 20.3. The van der Waals surface area contributed by atoms with E-state index in [0.717, 1.165) is 11.6 Å². The zero-order valence-electron chi connectivity index (χ0n) is 16.3. The number of halogens is 2. The highest BCUT2D eigenvalue weighted by atomic mass is 35.5. The summed E-state index contributed by atoms with van der Waals surface area (Å²) in [6, 6.07) is 17.4. The molecular weight excluding hydrogens is 417 g/mol. The van der Waals surface area contributed by atoms with E-state index in [2.05, 4.69) is 4.98 Å². The highest BCUT2D eigenvalue weighted by molar-refractivity contribution is 6.32. The summed E-state index contributed by atoms with van der Waals surface area (Å²) in [7, 11) is 0. The summed E-state index contributed by atoms with van der Waals surface area (Å²) in [4.78, 5) is 17.7. The normalized spacial score (nSPS) is 11.5. The van der Waals surface area contributed by atoms with Gasteiger partial charge in [-0.2, -0.15) is 5.26 Å². The van der Waals surface area contributed by atoms with Crippen LogP contribution in [-0.4, -0.2) is 14.7 Å². The van der Waals surface area contributed by atoms with E-state index in [9.17, 15) is 19.6 Å². The molecule has 0 aliphatic heterocycles. The van der Waals surface area contributed by atoms with Crippen LogP contribution in [0.15, 0.2) is 65.5 Å². The second-order valence-electron chi connectivity index (χ2n) is 6.91. The number of fused-ring (bicyclic) bond motifs is 1. The molecule has 4 aromatic rings. The molecule has 4 rings (SSSR count). The zero-order valence-corrected chi connectivity index (χ0v) is 17.1. The van der Waals surface area contributed by atoms with Crippen molar-refractivity contribution in [1.29, 1.82) is 5.26 Å². The van der Waals surface area contributed by atoms with Gasteiger partial charge in [0.2, 0.25) is 0 Å². The molecule has 0 saturated heterocycles. The van der Waals surface area contributed by atoms with Gasteiger partial charge in [0.05, 0.1) is 33.2 Å². The van der Waals surface area contributed by atoms with E-state index in [1.54, 1.807) is 42.5 Å². The maximum atomic E-state index is 13.8. The summed E-state index contributed by atoms with van der Waals surface area (Å²) < 4.78 is 15.0. The number of benzene rings is 3. The number of hydrogen-bond donors (Lipinski definition) is 1. The van der Waals surface area contributed by atoms with Crippen LogP contribution in [0.1, 0.15) is 22.5 Å². The molecule has 0 aliphatic rings. The molecule has 0 fully saturated rings. The molecule has 0 saturated carbocycles. The highest BCUT2D eigenvalue weighted by Gasteiger charge is 2.16. The van der Waals surface area contributed by atoms with Crippen molar-refractivity contribution in [2.24, 2.45) is 0 Å². The summed E-state index contributed by atoms with van der Waals surface area (Å²) in [5.74, 6) is -0.726. The van der Waals surface area contributed by atoms with Crippen LogP contribution in [0.5, 0.6) is 0 Å². The molecule has 0 radical (unpaired) electrons. The fourth-order valence-electron chi connectivity index (χ4n) is 3.31. The number of nitriles is 1. The molecule has 1 heterocycles. The van der Waals surface area contributed by atoms with Crippen LogP contribution in [0.4, 0.5) is 4.39 Å². The fourth-order valence-corrected chi connectivity index (χ4v) is 3.53. The van der Waals surface area contributed by atoms with Gasteiger partial charge in [0.25, 0.3) is 5.56 Å². The van der Waals surface area contributed by atoms with Crippen LogP contribution < -0.4 is 5.56 Å². The standard InChI is InChI=1S/C24H15ClFN3O2/c1-14-6-7-15(13-27)17(10-14)22(30)12-23-28-20-9-8-16(26)11-18(20)24(31)29(23)21-5-3-2-4-19(21)25/h2-12,30H,1H3/b22-12-. The smallest absolute Gasteiger partial charge is 0.266 e. The predicted molar refractivity (Wildman–Crippen MR) is 119 cm³/mol. The van der Waals surface area contributed by atoms with Gasteiger partial charge in [0.1, 0.15) is 17.4 Å². The second kappa shape index (κ2) is 8.05. The Labute approximate surface area is 181 Å². The number of aliphatic hydroxyl groups excluding tert-OH is 1. The molecule has 1 aromatic heterocycles. The number of para-hydroxylation sites is 1. The maximum absolute atomic E-state index is 13.8. The maximum Gasteiger partial charge on any atom is 0.266 e. The number of rotatable bonds is 3. The summed E-state index contributed by atoms with van der Waals surface area (Å²) >= 11 is 6.32. The lowest BCUT2D eigenvalue weighted by molar-refractivity contribution is 0.514. The van der Waals surface area contributed by atoms with Crippen molar-refractivity contribution in [1.82, 2.24) is 9.55 Å². The molecule has 0 bridgehead atoms. The minimum Gasteiger partial charge on any atom is -0.507 e. The molecule has 5 nitrogen and oxygen atoms in total. The Balaban J connectivity index is 2.05. The molecule has 3 aromatic carbocycles. The van der Waals surface area contributed by atoms with Gasteiger partial charge in [-0.3, -0.25) is 9.36 Å². The fraction of sp³-hybridized carbons (Fsp3) is 0.0417. The van der Waals surface area contributed by atoms with Gasteiger partial charge in [0.15, 0.2) is 0 Å². The summed E-state index contributed by atoms with van der Waals surface area (Å²) in [5.41, 5.74) is 1.48. The lowest BCUT2D eigenvalue weighted by Gasteiger charge is -2.13. The van der Waals surface area contributed by atoms with Crippen molar-refractivity contribution in [2.45, 2.75) is 6.92 Å². The average molecular weight is 432 g/mol. The number of aryl methyl sites for hydroxylation is 1. The minimum absolute atomic E-state index is 0.0739. The zero-order chi connectivity index (χ0) is 22.1. The molecule has 0 atom stereocenters. The van der Waals surface area contributed by atoms with E-state index in [-0.39, 0.29) is 33.1 Å². The Bertz CT molecular complexity index is 1470. The minimum atomic E-state index is -0.568. The molecule has 0 spiro atoms. The van der Waals surface area contributed by atoms with Gasteiger partial charge in [0, 0.05) is 11.6 Å². The first-order chi connectivity index (χ1) is 14.9. The van der Waals surface area contributed by atoms with Crippen molar-refractivity contribution in [3.8, 4) is 11.8 Å². The Kier molecular flexibility index (Phi) is 5.28. The predicted octanol–water partition coefficient (Wildman–Crippen LogP) is 5.41. The average Bonchev–Trinajstić information content (AvgIpc) is 2.75. The lowest BCUT2D eigenvalue weighted by Crippen LogP contribution is -2.23. The quantitative estimate of drug-likeness (QED) is 0.439. The first-order valence-corrected chi connectivity index (χ1v) is 9.66. The first-order valence-electron chi connectivity index (χ1n) is 9.28. The molecule has 7 heteroatoms. The topological polar surface area (TPSA) is 78.9 Å². The van der Waals surface area contributed by atoms with Crippen LogP contribution in [0.25, 0.3) is 28.4 Å². The van der Waals surface area contributed by atoms with Gasteiger partial charge < -0.3 is 5.11 Å². The van der Waals surface area contributed by atoms with E-state index in [1.165, 1.54) is 22.8 Å². The van der Waals surface area contributed by atoms with E-state index >= 15 is 0 Å². The third-order valence-electron chi connectivity index (χ3n) is 4.79. The van der Waals surface area contributed by atoms with Crippen LogP contribution in [-0.2, 0) is 0 Å². The molecule has 0 aliphatic carbocycles. The Morgan fingerprint density at radius 2 is 1.97 bits per heavy atom. The third kappa shape index (κ3) is 3.79. The lowest BCUT2D eigenvalue weighted by atomic mass is 10.0. The van der Waals surface area contributed by atoms with Gasteiger partial charge in [-0.05, 0) is 49.4 Å². The summed E-state index contributed by atoms with van der Waals surface area (Å²) in [6.07, 6.45) is 1.29. The van der Waals surface area contributed by atoms with Gasteiger partial charge >= 0.3 is 0 Å². The van der Waals surface area contributed by atoms with E-state index < -0.39 is 11.4 Å². The Hall–Kier alpha value is -3.95. The Morgan fingerprint density at radius 1 is 1.19 bits per heavy atom. The number of hydrogen-bond acceptors (Lipinski definition) is 4. The van der Waals surface area contributed by atoms with Crippen LogP contribution in [0.3, 0.4) is 0 Å². The SMILES string of the molecule is Cc1ccc(C#N)c(/C(O)=C/c2nc3ccc(F)cc3c(=O)n2-c2ccccc2Cl)c1. The van der Waals surface area contributed by atoms with Crippen molar-refractivity contribution in [3.63, 3.8) is 0 Å². The van der Waals surface area contributed by atoms with Crippen molar-refractivity contribution < 1.29 is 9.50 Å². The molecule has 0 unspecified atom stereocenters. The van der Waals surface area contributed by atoms with Gasteiger partial charge in [-0.1, -0.05) is 35.4 Å². The van der Waals surface area contributed by atoms with E-state index in [1.807, 2.05) is 13.0 Å². The highest BCUT2D eigenvalue weighted by Crippen LogP contribution is 2.25. The third-order valence-corrected chi connectivity index (χ3v) is 5.11. The van der Waals surface area contributed by atoms with Crippen LogP contribution >= 0.6 is 11.6 Å². The monoisotopic (exact) mass is 431 g/mol. The number of aliphatic hydroxyl groups is 1. The van der Waals surface area contributed by atoms with Crippen molar-refractivity contribution in [3.05, 3.63) is 104 Å². The summed E-state index contributed by atoms with van der Waals surface area (Å²) in [5, 5.41) is 20.6. The van der Waals surface area contributed by atoms with Crippen LogP contribution in [0.2, 0.25) is 5.02 Å². The molecule has 31 heavy (non-hydrogen) atoms. The molecule has 1 N–H and O–H groups in total. The second-order valence-corrected chi connectivity index (χ2v) is 7.32. The number of nitrogens with zero attached hydrogens (tertiary/aromatic N) is 3. The largest absolute Gasteiger partial charge is 0.507 e. The molecule has 152 valence electrons. The van der Waals surface area contributed by atoms with Crippen LogP contribution in [0, 0.1) is 24.1 Å². The van der Waals surface area contributed by atoms with E-state index in [4.69, 9.17) is 11.6 Å². The van der Waals surface area contributed by atoms with Gasteiger partial charge in [-0.15, -0.1) is 0 Å². The van der Waals surface area contributed by atoms with Crippen molar-refractivity contribution in [2.75, 3.05) is 0 Å². The molecule has 0 amide bonds. The van der Waals surface area contributed by atoms with Gasteiger partial charge in [-0.25, -0.2) is 9.37 Å². The Morgan fingerprint density at radius 3 is 2.71 bits per heavy atom. The van der Waals surface area contributed by atoms with Crippen molar-refractivity contribution >= 4 is 34.3 Å².